The van der Waals surface area contributed by atoms with Crippen LogP contribution in [0.15, 0.2) is 24.3 Å². The molecular formula is C24H40O4. The lowest BCUT2D eigenvalue weighted by Crippen LogP contribution is -2.01. The van der Waals surface area contributed by atoms with E-state index in [4.69, 9.17) is 14.6 Å². The molecule has 0 aromatic heterocycles. The van der Waals surface area contributed by atoms with Crippen molar-refractivity contribution in [3.8, 4) is 0 Å². The monoisotopic (exact) mass is 392 g/mol. The summed E-state index contributed by atoms with van der Waals surface area (Å²) in [6.45, 7) is 2.27. The van der Waals surface area contributed by atoms with Crippen LogP contribution in [0.4, 0.5) is 0 Å². The zero-order valence-electron chi connectivity index (χ0n) is 17.7. The van der Waals surface area contributed by atoms with Crippen LogP contribution in [0, 0.1) is 0 Å². The van der Waals surface area contributed by atoms with Crippen molar-refractivity contribution < 1.29 is 19.4 Å². The minimum absolute atomic E-state index is 0.251. The predicted molar refractivity (Wildman–Crippen MR) is 114 cm³/mol. The van der Waals surface area contributed by atoms with Crippen molar-refractivity contribution in [3.05, 3.63) is 24.3 Å². The van der Waals surface area contributed by atoms with Crippen molar-refractivity contribution in [2.24, 2.45) is 0 Å². The largest absolute Gasteiger partial charge is 0.481 e. The molecule has 2 heterocycles. The summed E-state index contributed by atoms with van der Waals surface area (Å²) < 4.78 is 11.5. The third-order valence-corrected chi connectivity index (χ3v) is 5.65. The van der Waals surface area contributed by atoms with Gasteiger partial charge in [0.15, 0.2) is 0 Å². The van der Waals surface area contributed by atoms with E-state index in [1.807, 2.05) is 0 Å². The van der Waals surface area contributed by atoms with E-state index >= 15 is 0 Å². The second kappa shape index (κ2) is 13.9. The predicted octanol–water partition coefficient (Wildman–Crippen LogP) is 6.20. The third-order valence-electron chi connectivity index (χ3n) is 5.65. The van der Waals surface area contributed by atoms with E-state index in [2.05, 4.69) is 31.2 Å². The van der Waals surface area contributed by atoms with Crippen LogP contribution in [0.1, 0.15) is 96.8 Å². The second-order valence-corrected chi connectivity index (χ2v) is 8.27. The van der Waals surface area contributed by atoms with Crippen LogP contribution in [0.25, 0.3) is 0 Å². The number of aliphatic carboxylic acids is 1. The Hall–Kier alpha value is -1.13. The molecule has 0 spiro atoms. The summed E-state index contributed by atoms with van der Waals surface area (Å²) in [4.78, 5) is 10.4. The molecule has 0 amide bonds. The standard InChI is InChI=1S/C24H40O4/c1-2-3-4-5-6-7-8-9-10-13-16-20-22(27-20)19-23-21(28-23)17-14-11-12-15-18-24(25)26/h10-11,13-14,20-23H,2-9,12,15-19H2,1H3,(H,25,26). The topological polar surface area (TPSA) is 62.4 Å². The second-order valence-electron chi connectivity index (χ2n) is 8.27. The highest BCUT2D eigenvalue weighted by atomic mass is 16.6. The molecule has 0 saturated carbocycles. The Morgan fingerprint density at radius 1 is 0.750 bits per heavy atom. The molecule has 0 radical (unpaired) electrons. The van der Waals surface area contributed by atoms with Gasteiger partial charge in [0.05, 0.1) is 24.4 Å². The van der Waals surface area contributed by atoms with Gasteiger partial charge in [-0.15, -0.1) is 0 Å². The highest BCUT2D eigenvalue weighted by Gasteiger charge is 2.46. The molecule has 4 heteroatoms. The SMILES string of the molecule is CCCCCCCCCC=CCC1OC1CC1OC1CC=CCCCC(=O)O. The van der Waals surface area contributed by atoms with E-state index in [0.29, 0.717) is 30.8 Å². The van der Waals surface area contributed by atoms with Gasteiger partial charge < -0.3 is 14.6 Å². The Balaban J connectivity index is 1.37. The van der Waals surface area contributed by atoms with Gasteiger partial charge in [-0.25, -0.2) is 0 Å². The molecule has 2 saturated heterocycles. The zero-order chi connectivity index (χ0) is 20.0. The van der Waals surface area contributed by atoms with Gasteiger partial charge >= 0.3 is 5.97 Å². The molecule has 2 rings (SSSR count). The number of carboxylic acids is 1. The Labute approximate surface area is 171 Å². The Morgan fingerprint density at radius 2 is 1.29 bits per heavy atom. The van der Waals surface area contributed by atoms with E-state index in [-0.39, 0.29) is 6.42 Å². The molecule has 2 aliphatic heterocycles. The van der Waals surface area contributed by atoms with Gasteiger partial charge in [-0.2, -0.15) is 0 Å². The minimum Gasteiger partial charge on any atom is -0.481 e. The lowest BCUT2D eigenvalue weighted by molar-refractivity contribution is -0.137. The highest BCUT2D eigenvalue weighted by Crippen LogP contribution is 2.38. The molecule has 0 aliphatic carbocycles. The summed E-state index contributed by atoms with van der Waals surface area (Å²) in [6, 6.07) is 0. The molecule has 4 atom stereocenters. The van der Waals surface area contributed by atoms with Crippen molar-refractivity contribution in [2.75, 3.05) is 0 Å². The molecule has 28 heavy (non-hydrogen) atoms. The molecule has 0 bridgehead atoms. The number of ether oxygens (including phenoxy) is 2. The quantitative estimate of drug-likeness (QED) is 0.171. The first-order chi connectivity index (χ1) is 13.7. The van der Waals surface area contributed by atoms with Crippen LogP contribution < -0.4 is 0 Å². The number of unbranched alkanes of at least 4 members (excludes halogenated alkanes) is 8. The van der Waals surface area contributed by atoms with Crippen molar-refractivity contribution in [3.63, 3.8) is 0 Å². The fourth-order valence-electron chi connectivity index (χ4n) is 3.70. The van der Waals surface area contributed by atoms with Crippen LogP contribution in [-0.2, 0) is 14.3 Å². The van der Waals surface area contributed by atoms with Crippen molar-refractivity contribution >= 4 is 5.97 Å². The molecule has 0 aromatic carbocycles. The number of hydrogen-bond donors (Lipinski definition) is 1. The van der Waals surface area contributed by atoms with Crippen molar-refractivity contribution in [1.82, 2.24) is 0 Å². The average molecular weight is 393 g/mol. The van der Waals surface area contributed by atoms with Gasteiger partial charge in [-0.1, -0.05) is 69.8 Å². The summed E-state index contributed by atoms with van der Waals surface area (Å²) in [5.41, 5.74) is 0. The fourth-order valence-corrected chi connectivity index (χ4v) is 3.70. The first kappa shape index (κ1) is 23.2. The van der Waals surface area contributed by atoms with Crippen LogP contribution in [0.3, 0.4) is 0 Å². The minimum atomic E-state index is -0.717. The summed E-state index contributed by atoms with van der Waals surface area (Å²) >= 11 is 0. The lowest BCUT2D eigenvalue weighted by atomic mass is 10.1. The molecular weight excluding hydrogens is 352 g/mol. The Bertz CT molecular complexity index is 485. The third kappa shape index (κ3) is 11.0. The van der Waals surface area contributed by atoms with Gasteiger partial charge in [0.1, 0.15) is 0 Å². The van der Waals surface area contributed by atoms with Crippen LogP contribution >= 0.6 is 0 Å². The smallest absolute Gasteiger partial charge is 0.303 e. The van der Waals surface area contributed by atoms with Crippen LogP contribution in [-0.4, -0.2) is 35.5 Å². The van der Waals surface area contributed by atoms with Gasteiger partial charge in [0, 0.05) is 12.8 Å². The summed E-state index contributed by atoms with van der Waals surface area (Å²) in [5.74, 6) is -0.717. The Morgan fingerprint density at radius 3 is 1.86 bits per heavy atom. The maximum atomic E-state index is 10.4. The number of carbonyl (C=O) groups is 1. The van der Waals surface area contributed by atoms with E-state index in [1.54, 1.807) is 0 Å². The fraction of sp³-hybridized carbons (Fsp3) is 0.792. The van der Waals surface area contributed by atoms with Gasteiger partial charge in [0.2, 0.25) is 0 Å². The van der Waals surface area contributed by atoms with Crippen molar-refractivity contribution in [2.45, 2.75) is 121 Å². The average Bonchev–Trinajstić information content (AvgIpc) is 3.58. The van der Waals surface area contributed by atoms with E-state index in [1.165, 1.54) is 51.4 Å². The van der Waals surface area contributed by atoms with E-state index in [0.717, 1.165) is 25.7 Å². The number of carboxylic acid groups (broad SMARTS) is 1. The van der Waals surface area contributed by atoms with Gasteiger partial charge in [-0.05, 0) is 38.5 Å². The number of hydrogen-bond acceptors (Lipinski definition) is 3. The van der Waals surface area contributed by atoms with Crippen LogP contribution in [0.2, 0.25) is 0 Å². The normalized spacial score (nSPS) is 26.3. The molecule has 160 valence electrons. The maximum Gasteiger partial charge on any atom is 0.303 e. The lowest BCUT2D eigenvalue weighted by Gasteiger charge is -1.98. The Kier molecular flexibility index (Phi) is 11.5. The summed E-state index contributed by atoms with van der Waals surface area (Å²) in [5, 5.41) is 8.59. The zero-order valence-corrected chi connectivity index (χ0v) is 17.7. The van der Waals surface area contributed by atoms with Crippen molar-refractivity contribution in [1.29, 1.82) is 0 Å². The summed E-state index contributed by atoms with van der Waals surface area (Å²) in [7, 11) is 0. The first-order valence-electron chi connectivity index (χ1n) is 11.5. The first-order valence-corrected chi connectivity index (χ1v) is 11.5. The maximum absolute atomic E-state index is 10.4. The highest BCUT2D eigenvalue weighted by molar-refractivity contribution is 5.66. The van der Waals surface area contributed by atoms with E-state index in [9.17, 15) is 4.79 Å². The molecule has 1 N–H and O–H groups in total. The number of rotatable bonds is 18. The van der Waals surface area contributed by atoms with Gasteiger partial charge in [0.25, 0.3) is 0 Å². The molecule has 2 aliphatic rings. The molecule has 2 fully saturated rings. The van der Waals surface area contributed by atoms with E-state index < -0.39 is 5.97 Å². The van der Waals surface area contributed by atoms with Crippen LogP contribution in [0.5, 0.6) is 0 Å². The number of epoxide rings is 2. The molecule has 4 unspecified atom stereocenters. The van der Waals surface area contributed by atoms with Gasteiger partial charge in [-0.3, -0.25) is 4.79 Å². The number of allylic oxidation sites excluding steroid dienone is 2. The summed E-state index contributed by atoms with van der Waals surface area (Å²) in [6.07, 6.45) is 25.9. The molecule has 0 aromatic rings. The molecule has 4 nitrogen and oxygen atoms in total.